The summed E-state index contributed by atoms with van der Waals surface area (Å²) in [6.07, 6.45) is 1.57. The van der Waals surface area contributed by atoms with Gasteiger partial charge in [0.2, 0.25) is 10.0 Å². The van der Waals surface area contributed by atoms with Crippen molar-refractivity contribution in [1.82, 2.24) is 4.72 Å². The predicted molar refractivity (Wildman–Crippen MR) is 86.3 cm³/mol. The number of benzene rings is 1. The van der Waals surface area contributed by atoms with Gasteiger partial charge >= 0.3 is 5.97 Å². The number of nitrogens with one attached hydrogen (secondary N) is 1. The first kappa shape index (κ1) is 18.3. The number of nitro benzene ring substituents is 1. The highest BCUT2D eigenvalue weighted by atomic mass is 32.2. The molecule has 0 aromatic heterocycles. The SMILES string of the molecule is Cc1ccc([N+](=O)[O-])c(S(=O)(=O)NC2CCC(C(=O)O)CC2)c1C. The Morgan fingerprint density at radius 1 is 1.25 bits per heavy atom. The van der Waals surface area contributed by atoms with E-state index >= 15 is 0 Å². The summed E-state index contributed by atoms with van der Waals surface area (Å²) in [5.41, 5.74) is 0.538. The van der Waals surface area contributed by atoms with Gasteiger partial charge in [-0.25, -0.2) is 13.1 Å². The smallest absolute Gasteiger partial charge is 0.306 e. The molecule has 0 amide bonds. The molecule has 1 aliphatic carbocycles. The van der Waals surface area contributed by atoms with Crippen molar-refractivity contribution in [2.75, 3.05) is 0 Å². The Kier molecular flexibility index (Phi) is 5.24. The van der Waals surface area contributed by atoms with Gasteiger partial charge in [0.25, 0.3) is 5.69 Å². The molecule has 0 bridgehead atoms. The maximum Gasteiger partial charge on any atom is 0.306 e. The lowest BCUT2D eigenvalue weighted by Crippen LogP contribution is -2.39. The minimum Gasteiger partial charge on any atom is -0.481 e. The van der Waals surface area contributed by atoms with E-state index in [2.05, 4.69) is 4.72 Å². The predicted octanol–water partition coefficient (Wildman–Crippen LogP) is 2.13. The number of aryl methyl sites for hydroxylation is 1. The van der Waals surface area contributed by atoms with Crippen molar-refractivity contribution >= 4 is 21.7 Å². The van der Waals surface area contributed by atoms with Gasteiger partial charge < -0.3 is 5.11 Å². The van der Waals surface area contributed by atoms with Crippen LogP contribution in [0.4, 0.5) is 5.69 Å². The van der Waals surface area contributed by atoms with Gasteiger partial charge in [0, 0.05) is 12.1 Å². The van der Waals surface area contributed by atoms with Crippen LogP contribution in [0.3, 0.4) is 0 Å². The van der Waals surface area contributed by atoms with Crippen molar-refractivity contribution in [1.29, 1.82) is 0 Å². The minimum absolute atomic E-state index is 0.312. The Morgan fingerprint density at radius 2 is 1.83 bits per heavy atom. The van der Waals surface area contributed by atoms with Crippen LogP contribution >= 0.6 is 0 Å². The number of carboxylic acid groups (broad SMARTS) is 1. The number of carboxylic acids is 1. The third kappa shape index (κ3) is 3.73. The number of nitrogens with zero attached hydrogens (tertiary/aromatic N) is 1. The summed E-state index contributed by atoms with van der Waals surface area (Å²) in [6.45, 7) is 3.23. The maximum absolute atomic E-state index is 12.7. The number of hydrogen-bond donors (Lipinski definition) is 2. The fourth-order valence-corrected chi connectivity index (χ4v) is 4.77. The molecule has 0 radical (unpaired) electrons. The second-order valence-corrected chi connectivity index (χ2v) is 7.77. The standard InChI is InChI=1S/C15H20N2O6S/c1-9-3-8-13(17(20)21)14(10(9)2)24(22,23)16-12-6-4-11(5-7-12)15(18)19/h3,8,11-12,16H,4-7H2,1-2H3,(H,18,19). The number of hydrogen-bond acceptors (Lipinski definition) is 5. The third-order valence-electron chi connectivity index (χ3n) is 4.52. The highest BCUT2D eigenvalue weighted by Gasteiger charge is 2.33. The van der Waals surface area contributed by atoms with Gasteiger partial charge in [-0.3, -0.25) is 14.9 Å². The number of carbonyl (C=O) groups is 1. The molecule has 24 heavy (non-hydrogen) atoms. The van der Waals surface area contributed by atoms with Crippen molar-refractivity contribution in [3.63, 3.8) is 0 Å². The van der Waals surface area contributed by atoms with Crippen LogP contribution in [0, 0.1) is 29.9 Å². The van der Waals surface area contributed by atoms with E-state index in [1.807, 2.05) is 0 Å². The summed E-state index contributed by atoms with van der Waals surface area (Å²) in [7, 11) is -4.07. The highest BCUT2D eigenvalue weighted by molar-refractivity contribution is 7.89. The molecule has 1 fully saturated rings. The van der Waals surface area contributed by atoms with Crippen molar-refractivity contribution in [3.05, 3.63) is 33.4 Å². The topological polar surface area (TPSA) is 127 Å². The van der Waals surface area contributed by atoms with Gasteiger partial charge in [-0.2, -0.15) is 0 Å². The van der Waals surface area contributed by atoms with E-state index in [9.17, 15) is 23.3 Å². The molecule has 9 heteroatoms. The molecule has 8 nitrogen and oxygen atoms in total. The molecule has 0 aliphatic heterocycles. The third-order valence-corrected chi connectivity index (χ3v) is 6.22. The van der Waals surface area contributed by atoms with Crippen molar-refractivity contribution in [3.8, 4) is 0 Å². The van der Waals surface area contributed by atoms with Crippen LogP contribution in [0.25, 0.3) is 0 Å². The van der Waals surface area contributed by atoms with Crippen LogP contribution in [0.15, 0.2) is 17.0 Å². The first-order valence-corrected chi connectivity index (χ1v) is 9.11. The van der Waals surface area contributed by atoms with Crippen molar-refractivity contribution in [2.45, 2.75) is 50.5 Å². The molecule has 0 unspecified atom stereocenters. The fraction of sp³-hybridized carbons (Fsp3) is 0.533. The first-order chi connectivity index (χ1) is 11.1. The molecule has 1 aliphatic rings. The van der Waals surface area contributed by atoms with E-state index in [0.717, 1.165) is 0 Å². The molecule has 1 aromatic carbocycles. The average molecular weight is 356 g/mol. The lowest BCUT2D eigenvalue weighted by atomic mass is 9.87. The van der Waals surface area contributed by atoms with Gasteiger partial charge in [0.15, 0.2) is 4.90 Å². The van der Waals surface area contributed by atoms with Crippen LogP contribution < -0.4 is 4.72 Å². The lowest BCUT2D eigenvalue weighted by molar-refractivity contribution is -0.387. The average Bonchev–Trinajstić information content (AvgIpc) is 2.49. The van der Waals surface area contributed by atoms with E-state index in [1.165, 1.54) is 19.1 Å². The summed E-state index contributed by atoms with van der Waals surface area (Å²) >= 11 is 0. The molecule has 1 aromatic rings. The van der Waals surface area contributed by atoms with Crippen LogP contribution in [0.1, 0.15) is 36.8 Å². The largest absolute Gasteiger partial charge is 0.481 e. The van der Waals surface area contributed by atoms with Crippen molar-refractivity contribution in [2.24, 2.45) is 5.92 Å². The summed E-state index contributed by atoms with van der Waals surface area (Å²) in [5, 5.41) is 20.2. The van der Waals surface area contributed by atoms with Crippen LogP contribution in [0.5, 0.6) is 0 Å². The lowest BCUT2D eigenvalue weighted by Gasteiger charge is -2.26. The number of nitro groups is 1. The maximum atomic E-state index is 12.7. The van der Waals surface area contributed by atoms with E-state index < -0.39 is 38.6 Å². The molecule has 132 valence electrons. The molecule has 0 atom stereocenters. The Labute approximate surface area is 140 Å². The second-order valence-electron chi connectivity index (χ2n) is 6.12. The van der Waals surface area contributed by atoms with Gasteiger partial charge in [-0.05, 0) is 50.7 Å². The molecular formula is C15H20N2O6S. The van der Waals surface area contributed by atoms with E-state index in [0.29, 0.717) is 36.8 Å². The van der Waals surface area contributed by atoms with Gasteiger partial charge in [-0.1, -0.05) is 6.07 Å². The zero-order valence-corrected chi connectivity index (χ0v) is 14.3. The molecular weight excluding hydrogens is 336 g/mol. The molecule has 0 saturated heterocycles. The monoisotopic (exact) mass is 356 g/mol. The number of sulfonamides is 1. The van der Waals surface area contributed by atoms with E-state index in [-0.39, 0.29) is 4.90 Å². The summed E-state index contributed by atoms with van der Waals surface area (Å²) in [5.74, 6) is -1.33. The molecule has 2 N–H and O–H groups in total. The quantitative estimate of drug-likeness (QED) is 0.614. The zero-order valence-electron chi connectivity index (χ0n) is 13.5. The fourth-order valence-electron chi connectivity index (χ4n) is 3.00. The zero-order chi connectivity index (χ0) is 18.1. The first-order valence-electron chi connectivity index (χ1n) is 7.63. The summed E-state index contributed by atoms with van der Waals surface area (Å²) < 4.78 is 27.9. The molecule has 2 rings (SSSR count). The Hall–Kier alpha value is -2.00. The molecule has 1 saturated carbocycles. The Bertz CT molecular complexity index is 766. The van der Waals surface area contributed by atoms with E-state index in [1.54, 1.807) is 6.92 Å². The van der Waals surface area contributed by atoms with Crippen LogP contribution in [0.2, 0.25) is 0 Å². The van der Waals surface area contributed by atoms with Crippen molar-refractivity contribution < 1.29 is 23.2 Å². The van der Waals surface area contributed by atoms with Crippen LogP contribution in [-0.4, -0.2) is 30.5 Å². The normalized spacial score (nSPS) is 21.4. The van der Waals surface area contributed by atoms with Gasteiger partial charge in [0.1, 0.15) is 0 Å². The molecule has 0 spiro atoms. The van der Waals surface area contributed by atoms with Crippen LogP contribution in [-0.2, 0) is 14.8 Å². The Balaban J connectivity index is 2.27. The Morgan fingerprint density at radius 3 is 2.33 bits per heavy atom. The van der Waals surface area contributed by atoms with Gasteiger partial charge in [0.05, 0.1) is 10.8 Å². The summed E-state index contributed by atoms with van der Waals surface area (Å²) in [4.78, 5) is 21.1. The molecule has 0 heterocycles. The highest BCUT2D eigenvalue weighted by Crippen LogP contribution is 2.31. The van der Waals surface area contributed by atoms with Gasteiger partial charge in [-0.15, -0.1) is 0 Å². The van der Waals surface area contributed by atoms with E-state index in [4.69, 9.17) is 5.11 Å². The summed E-state index contributed by atoms with van der Waals surface area (Å²) in [6, 6.07) is 2.30. The minimum atomic E-state index is -4.07. The second kappa shape index (κ2) is 6.86. The number of rotatable bonds is 5. The number of aliphatic carboxylic acids is 1.